The van der Waals surface area contributed by atoms with Gasteiger partial charge in [-0.1, -0.05) is 37.9 Å². The molecule has 2 nitrogen and oxygen atoms in total. The highest BCUT2D eigenvalue weighted by Gasteiger charge is 2.50. The molecule has 0 saturated heterocycles. The summed E-state index contributed by atoms with van der Waals surface area (Å²) < 4.78 is -1.78. The quantitative estimate of drug-likeness (QED) is 0.702. The Balaban J connectivity index is 2.61. The normalized spacial score (nSPS) is 39.9. The van der Waals surface area contributed by atoms with Gasteiger partial charge in [0.1, 0.15) is 13.7 Å². The minimum Gasteiger partial charge on any atom is -0.384 e. The van der Waals surface area contributed by atoms with Crippen LogP contribution in [0.15, 0.2) is 18.3 Å². The summed E-state index contributed by atoms with van der Waals surface area (Å²) in [6.07, 6.45) is 1.08. The highest BCUT2D eigenvalue weighted by Crippen LogP contribution is 2.57. The van der Waals surface area contributed by atoms with Crippen molar-refractivity contribution >= 4 is 55.1 Å². The number of fused-ring (bicyclic) bond motifs is 1. The van der Waals surface area contributed by atoms with Crippen molar-refractivity contribution in [2.24, 2.45) is 0 Å². The Labute approximate surface area is 114 Å². The van der Waals surface area contributed by atoms with Crippen molar-refractivity contribution in [1.82, 2.24) is 4.98 Å². The Kier molecular flexibility index (Phi) is 3.10. The van der Waals surface area contributed by atoms with E-state index in [0.29, 0.717) is 12.1 Å². The van der Waals surface area contributed by atoms with Crippen LogP contribution in [0.5, 0.6) is 0 Å². The van der Waals surface area contributed by atoms with Crippen LogP contribution in [-0.2, 0) is 3.78 Å². The van der Waals surface area contributed by atoms with Crippen LogP contribution in [0.25, 0.3) is 0 Å². The van der Waals surface area contributed by atoms with E-state index in [1.54, 1.807) is 12.3 Å². The van der Waals surface area contributed by atoms with Crippen LogP contribution in [0.2, 0.25) is 0 Å². The first-order chi connectivity index (χ1) is 6.84. The molecule has 1 aliphatic carbocycles. The van der Waals surface area contributed by atoms with E-state index in [1.807, 2.05) is 6.07 Å². The van der Waals surface area contributed by atoms with Gasteiger partial charge in [0.2, 0.25) is 0 Å². The first-order valence-corrected chi connectivity index (χ1v) is 6.58. The number of pyridine rings is 1. The summed E-state index contributed by atoms with van der Waals surface area (Å²) in [5.74, 6) is 0. The highest BCUT2D eigenvalue weighted by atomic mass is 79.9. The van der Waals surface area contributed by atoms with Gasteiger partial charge >= 0.3 is 0 Å². The maximum absolute atomic E-state index is 10.0. The van der Waals surface area contributed by atoms with Crippen LogP contribution in [0, 0.1) is 0 Å². The molecule has 82 valence electrons. The number of aliphatic hydroxyl groups excluding tert-OH is 1. The van der Waals surface area contributed by atoms with Crippen LogP contribution >= 0.6 is 55.1 Å². The molecule has 0 bridgehead atoms. The van der Waals surface area contributed by atoms with E-state index in [9.17, 15) is 5.11 Å². The van der Waals surface area contributed by atoms with E-state index in [0.717, 1.165) is 5.56 Å². The lowest BCUT2D eigenvalue weighted by atomic mass is 9.92. The fourth-order valence-corrected chi connectivity index (χ4v) is 4.49. The number of aliphatic hydroxyl groups is 1. The summed E-state index contributed by atoms with van der Waals surface area (Å²) in [4.78, 5) is 4.11. The third-order valence-corrected chi connectivity index (χ3v) is 4.45. The van der Waals surface area contributed by atoms with E-state index < -0.39 is 13.7 Å². The predicted octanol–water partition coefficient (Wildman–Crippen LogP) is 3.64. The van der Waals surface area contributed by atoms with Gasteiger partial charge in [0.15, 0.2) is 0 Å². The first kappa shape index (κ1) is 12.1. The summed E-state index contributed by atoms with van der Waals surface area (Å²) in [7, 11) is 0. The smallest absolute Gasteiger partial charge is 0.133 e. The number of aromatic nitrogens is 1. The molecule has 0 saturated carbocycles. The van der Waals surface area contributed by atoms with Crippen LogP contribution in [0.4, 0.5) is 0 Å². The molecule has 6 heteroatoms. The molecule has 0 spiro atoms. The van der Waals surface area contributed by atoms with Crippen LogP contribution < -0.4 is 0 Å². The van der Waals surface area contributed by atoms with Gasteiger partial charge in [-0.2, -0.15) is 0 Å². The lowest BCUT2D eigenvalue weighted by molar-refractivity contribution is 0.143. The maximum atomic E-state index is 10.0. The number of hydrogen-bond donors (Lipinski definition) is 1. The van der Waals surface area contributed by atoms with Gasteiger partial charge in [0.25, 0.3) is 0 Å². The molecule has 1 heterocycles. The minimum atomic E-state index is -0.987. The van der Waals surface area contributed by atoms with Gasteiger partial charge in [0, 0.05) is 18.2 Å². The molecule has 1 aromatic rings. The Morgan fingerprint density at radius 3 is 2.80 bits per heavy atom. The lowest BCUT2D eigenvalue weighted by Gasteiger charge is -2.38. The Hall–Kier alpha value is 0.650. The topological polar surface area (TPSA) is 33.1 Å². The van der Waals surface area contributed by atoms with E-state index in [1.165, 1.54) is 0 Å². The predicted molar refractivity (Wildman–Crippen MR) is 67.8 cm³/mol. The van der Waals surface area contributed by atoms with E-state index >= 15 is 0 Å². The van der Waals surface area contributed by atoms with Crippen LogP contribution in [0.3, 0.4) is 0 Å². The molecule has 3 atom stereocenters. The average molecular weight is 376 g/mol. The zero-order chi connectivity index (χ0) is 11.3. The van der Waals surface area contributed by atoms with Gasteiger partial charge in [-0.05, 0) is 6.07 Å². The second-order valence-corrected chi connectivity index (χ2v) is 8.48. The summed E-state index contributed by atoms with van der Waals surface area (Å²) in [6.45, 7) is 0. The SMILES string of the molecule is OC1c2ncccc2C(Cl)(Br)CC1(Cl)Br. The molecule has 15 heavy (non-hydrogen) atoms. The monoisotopic (exact) mass is 373 g/mol. The third kappa shape index (κ3) is 2.07. The van der Waals surface area contributed by atoms with E-state index in [-0.39, 0.29) is 0 Å². The summed E-state index contributed by atoms with van der Waals surface area (Å²) >= 11 is 19.1. The van der Waals surface area contributed by atoms with Crippen molar-refractivity contribution in [3.63, 3.8) is 0 Å². The fraction of sp³-hybridized carbons (Fsp3) is 0.444. The molecule has 1 N–H and O–H groups in total. The van der Waals surface area contributed by atoms with Gasteiger partial charge < -0.3 is 5.11 Å². The molecular weight excluding hydrogens is 369 g/mol. The Morgan fingerprint density at radius 2 is 2.13 bits per heavy atom. The maximum Gasteiger partial charge on any atom is 0.133 e. The van der Waals surface area contributed by atoms with Gasteiger partial charge in [-0.15, -0.1) is 23.2 Å². The number of halogens is 4. The Morgan fingerprint density at radius 1 is 1.47 bits per heavy atom. The molecule has 1 aliphatic rings. The van der Waals surface area contributed by atoms with Gasteiger partial charge in [-0.3, -0.25) is 4.98 Å². The lowest BCUT2D eigenvalue weighted by Crippen LogP contribution is -2.37. The second kappa shape index (κ2) is 3.84. The Bertz CT molecular complexity index is 397. The highest BCUT2D eigenvalue weighted by molar-refractivity contribution is 9.11. The summed E-state index contributed by atoms with van der Waals surface area (Å²) in [5.41, 5.74) is 1.26. The molecule has 3 unspecified atom stereocenters. The van der Waals surface area contributed by atoms with Gasteiger partial charge in [0.05, 0.1) is 5.69 Å². The molecule has 0 fully saturated rings. The number of alkyl halides is 4. The largest absolute Gasteiger partial charge is 0.384 e. The average Bonchev–Trinajstić information content (AvgIpc) is 2.13. The minimum absolute atomic E-state index is 0.350. The number of hydrogen-bond acceptors (Lipinski definition) is 2. The van der Waals surface area contributed by atoms with Crippen molar-refractivity contribution in [3.8, 4) is 0 Å². The van der Waals surface area contributed by atoms with E-state index in [4.69, 9.17) is 23.2 Å². The molecule has 0 amide bonds. The zero-order valence-corrected chi connectivity index (χ0v) is 12.1. The van der Waals surface area contributed by atoms with Crippen molar-refractivity contribution in [2.75, 3.05) is 0 Å². The number of rotatable bonds is 0. The fourth-order valence-electron chi connectivity index (χ4n) is 1.63. The zero-order valence-electron chi connectivity index (χ0n) is 7.42. The second-order valence-electron chi connectivity index (χ2n) is 3.48. The van der Waals surface area contributed by atoms with Crippen LogP contribution in [-0.4, -0.2) is 13.9 Å². The molecule has 1 aromatic heterocycles. The summed E-state index contributed by atoms with van der Waals surface area (Å²) in [6, 6.07) is 3.60. The molecule has 0 radical (unpaired) electrons. The first-order valence-electron chi connectivity index (χ1n) is 4.24. The van der Waals surface area contributed by atoms with Crippen molar-refractivity contribution in [3.05, 3.63) is 29.6 Å². The van der Waals surface area contributed by atoms with Crippen molar-refractivity contribution in [1.29, 1.82) is 0 Å². The molecular formula is C9H7Br2Cl2NO. The molecule has 2 rings (SSSR count). The standard InChI is InChI=1S/C9H7Br2Cl2NO/c10-8(12)4-9(11,13)7(15)6-5(8)2-1-3-14-6/h1-3,7,15H,4H2. The molecule has 0 aliphatic heterocycles. The summed E-state index contributed by atoms with van der Waals surface area (Å²) in [5, 5.41) is 10.0. The van der Waals surface area contributed by atoms with Crippen LogP contribution in [0.1, 0.15) is 23.8 Å². The van der Waals surface area contributed by atoms with Crippen molar-refractivity contribution in [2.45, 2.75) is 20.1 Å². The van der Waals surface area contributed by atoms with E-state index in [2.05, 4.69) is 36.8 Å². The number of nitrogens with zero attached hydrogens (tertiary/aromatic N) is 1. The third-order valence-electron chi connectivity index (χ3n) is 2.35. The molecule has 0 aromatic carbocycles. The van der Waals surface area contributed by atoms with Gasteiger partial charge in [-0.25, -0.2) is 0 Å². The van der Waals surface area contributed by atoms with Crippen molar-refractivity contribution < 1.29 is 5.11 Å².